The van der Waals surface area contributed by atoms with Crippen molar-refractivity contribution in [3.05, 3.63) is 0 Å². The maximum Gasteiger partial charge on any atom is 0.242 e. The Bertz CT molecular complexity index is 303. The summed E-state index contributed by atoms with van der Waals surface area (Å²) in [4.78, 5) is 16.9. The monoisotopic (exact) mass is 267 g/mol. The van der Waals surface area contributed by atoms with E-state index in [2.05, 4.69) is 4.90 Å². The van der Waals surface area contributed by atoms with Crippen LogP contribution in [0.25, 0.3) is 0 Å². The van der Waals surface area contributed by atoms with Crippen LogP contribution in [0.2, 0.25) is 0 Å². The first kappa shape index (κ1) is 14.8. The third-order valence-electron chi connectivity index (χ3n) is 4.84. The molecule has 0 spiro atoms. The van der Waals surface area contributed by atoms with Crippen LogP contribution in [-0.4, -0.2) is 54.0 Å². The smallest absolute Gasteiger partial charge is 0.242 e. The topological polar surface area (TPSA) is 49.6 Å². The largest absolute Gasteiger partial charge is 0.341 e. The van der Waals surface area contributed by atoms with E-state index in [9.17, 15) is 4.79 Å². The van der Waals surface area contributed by atoms with Crippen molar-refractivity contribution in [1.29, 1.82) is 0 Å². The lowest BCUT2D eigenvalue weighted by atomic mass is 9.93. The maximum absolute atomic E-state index is 12.3. The first-order valence-electron chi connectivity index (χ1n) is 7.83. The minimum Gasteiger partial charge on any atom is -0.341 e. The number of hydrogen-bond acceptors (Lipinski definition) is 3. The molecule has 2 rings (SSSR count). The minimum atomic E-state index is -0.679. The van der Waals surface area contributed by atoms with Gasteiger partial charge in [0.25, 0.3) is 0 Å². The Kier molecular flexibility index (Phi) is 4.85. The summed E-state index contributed by atoms with van der Waals surface area (Å²) in [7, 11) is 0. The molecule has 2 saturated heterocycles. The molecular weight excluding hydrogens is 238 g/mol. The summed E-state index contributed by atoms with van der Waals surface area (Å²) in [6.45, 7) is 9.40. The lowest BCUT2D eigenvalue weighted by Crippen LogP contribution is -2.55. The summed E-state index contributed by atoms with van der Waals surface area (Å²) in [6, 6.07) is 0. The molecular formula is C15H29N3O. The second kappa shape index (κ2) is 6.23. The molecule has 2 aliphatic heterocycles. The van der Waals surface area contributed by atoms with Crippen molar-refractivity contribution >= 4 is 5.91 Å². The van der Waals surface area contributed by atoms with E-state index in [-0.39, 0.29) is 5.91 Å². The molecule has 4 heteroatoms. The lowest BCUT2D eigenvalue weighted by Gasteiger charge is -2.37. The Labute approximate surface area is 117 Å². The minimum absolute atomic E-state index is 0.134. The Morgan fingerprint density at radius 3 is 2.32 bits per heavy atom. The number of amides is 1. The van der Waals surface area contributed by atoms with Crippen LogP contribution in [0, 0.1) is 5.92 Å². The van der Waals surface area contributed by atoms with Crippen molar-refractivity contribution in [2.24, 2.45) is 11.7 Å². The molecule has 2 heterocycles. The highest BCUT2D eigenvalue weighted by Gasteiger charge is 2.33. The van der Waals surface area contributed by atoms with Gasteiger partial charge in [0.2, 0.25) is 5.91 Å². The molecule has 0 aliphatic carbocycles. The van der Waals surface area contributed by atoms with Crippen LogP contribution in [0.3, 0.4) is 0 Å². The van der Waals surface area contributed by atoms with Gasteiger partial charge in [-0.25, -0.2) is 0 Å². The number of rotatable bonds is 4. The number of carbonyl (C=O) groups is 1. The molecule has 2 aliphatic rings. The molecule has 0 aromatic heterocycles. The zero-order valence-electron chi connectivity index (χ0n) is 12.5. The van der Waals surface area contributed by atoms with E-state index < -0.39 is 5.54 Å². The second-order valence-corrected chi connectivity index (χ2v) is 6.51. The maximum atomic E-state index is 12.3. The van der Waals surface area contributed by atoms with Gasteiger partial charge < -0.3 is 15.5 Å². The SMILES string of the molecule is CCC(C)(N)C(=O)N1CCC(CN2CCCC2)CC1. The number of nitrogens with zero attached hydrogens (tertiary/aromatic N) is 2. The van der Waals surface area contributed by atoms with Gasteiger partial charge >= 0.3 is 0 Å². The molecule has 0 aromatic rings. The first-order chi connectivity index (χ1) is 9.03. The molecule has 0 radical (unpaired) electrons. The third kappa shape index (κ3) is 3.69. The molecule has 4 nitrogen and oxygen atoms in total. The molecule has 0 aromatic carbocycles. The van der Waals surface area contributed by atoms with Crippen LogP contribution < -0.4 is 5.73 Å². The first-order valence-corrected chi connectivity index (χ1v) is 7.83. The van der Waals surface area contributed by atoms with E-state index in [4.69, 9.17) is 5.73 Å². The van der Waals surface area contributed by atoms with E-state index >= 15 is 0 Å². The Balaban J connectivity index is 1.77. The van der Waals surface area contributed by atoms with Crippen molar-refractivity contribution in [2.45, 2.75) is 51.5 Å². The Hall–Kier alpha value is -0.610. The molecule has 110 valence electrons. The Morgan fingerprint density at radius 1 is 1.21 bits per heavy atom. The van der Waals surface area contributed by atoms with Crippen molar-refractivity contribution in [1.82, 2.24) is 9.80 Å². The predicted molar refractivity (Wildman–Crippen MR) is 77.9 cm³/mol. The van der Waals surface area contributed by atoms with E-state index in [1.807, 2.05) is 18.7 Å². The van der Waals surface area contributed by atoms with Gasteiger partial charge in [-0.3, -0.25) is 4.79 Å². The quantitative estimate of drug-likeness (QED) is 0.838. The van der Waals surface area contributed by atoms with Gasteiger partial charge in [0, 0.05) is 19.6 Å². The third-order valence-corrected chi connectivity index (χ3v) is 4.84. The summed E-state index contributed by atoms with van der Waals surface area (Å²) < 4.78 is 0. The number of piperidine rings is 1. The lowest BCUT2D eigenvalue weighted by molar-refractivity contribution is -0.138. The summed E-state index contributed by atoms with van der Waals surface area (Å²) in [5.41, 5.74) is 5.38. The summed E-state index contributed by atoms with van der Waals surface area (Å²) >= 11 is 0. The normalized spacial score (nSPS) is 25.5. The number of likely N-dealkylation sites (tertiary alicyclic amines) is 2. The Morgan fingerprint density at radius 2 is 1.79 bits per heavy atom. The average Bonchev–Trinajstić information content (AvgIpc) is 2.91. The second-order valence-electron chi connectivity index (χ2n) is 6.51. The van der Waals surface area contributed by atoms with Crippen LogP contribution in [-0.2, 0) is 4.79 Å². The molecule has 0 saturated carbocycles. The molecule has 1 unspecified atom stereocenters. The molecule has 19 heavy (non-hydrogen) atoms. The van der Waals surface area contributed by atoms with Crippen molar-refractivity contribution in [2.75, 3.05) is 32.7 Å². The molecule has 1 amide bonds. The zero-order chi connectivity index (χ0) is 13.9. The van der Waals surface area contributed by atoms with Gasteiger partial charge in [0.15, 0.2) is 0 Å². The zero-order valence-corrected chi connectivity index (χ0v) is 12.5. The average molecular weight is 267 g/mol. The fourth-order valence-corrected chi connectivity index (χ4v) is 3.16. The van der Waals surface area contributed by atoms with Crippen LogP contribution in [0.15, 0.2) is 0 Å². The van der Waals surface area contributed by atoms with Gasteiger partial charge in [-0.2, -0.15) is 0 Å². The molecule has 0 bridgehead atoms. The van der Waals surface area contributed by atoms with Gasteiger partial charge in [0.1, 0.15) is 0 Å². The van der Waals surface area contributed by atoms with Crippen LogP contribution in [0.4, 0.5) is 0 Å². The summed E-state index contributed by atoms with van der Waals surface area (Å²) in [5, 5.41) is 0. The van der Waals surface area contributed by atoms with Gasteiger partial charge in [-0.15, -0.1) is 0 Å². The van der Waals surface area contributed by atoms with Gasteiger partial charge in [0.05, 0.1) is 5.54 Å². The van der Waals surface area contributed by atoms with E-state index in [0.29, 0.717) is 6.42 Å². The highest BCUT2D eigenvalue weighted by atomic mass is 16.2. The standard InChI is InChI=1S/C15H29N3O/c1-3-15(2,16)14(19)18-10-6-13(7-11-18)12-17-8-4-5-9-17/h13H,3-12,16H2,1-2H3. The van der Waals surface area contributed by atoms with Crippen molar-refractivity contribution in [3.8, 4) is 0 Å². The van der Waals surface area contributed by atoms with Crippen LogP contribution in [0.5, 0.6) is 0 Å². The van der Waals surface area contributed by atoms with Crippen LogP contribution >= 0.6 is 0 Å². The molecule has 2 fully saturated rings. The predicted octanol–water partition coefficient (Wildman–Crippen LogP) is 1.45. The van der Waals surface area contributed by atoms with Crippen molar-refractivity contribution < 1.29 is 4.79 Å². The van der Waals surface area contributed by atoms with E-state index in [1.165, 1.54) is 32.5 Å². The number of nitrogens with two attached hydrogens (primary N) is 1. The molecule has 2 N–H and O–H groups in total. The summed E-state index contributed by atoms with van der Waals surface area (Å²) in [6.07, 6.45) is 5.71. The molecule has 1 atom stereocenters. The number of hydrogen-bond donors (Lipinski definition) is 1. The van der Waals surface area contributed by atoms with E-state index in [1.54, 1.807) is 0 Å². The fourth-order valence-electron chi connectivity index (χ4n) is 3.16. The van der Waals surface area contributed by atoms with E-state index in [0.717, 1.165) is 31.8 Å². The highest BCUT2D eigenvalue weighted by molar-refractivity contribution is 5.85. The van der Waals surface area contributed by atoms with Gasteiger partial charge in [-0.1, -0.05) is 6.92 Å². The van der Waals surface area contributed by atoms with Crippen molar-refractivity contribution in [3.63, 3.8) is 0 Å². The van der Waals surface area contributed by atoms with Gasteiger partial charge in [-0.05, 0) is 58.0 Å². The highest BCUT2D eigenvalue weighted by Crippen LogP contribution is 2.22. The summed E-state index contributed by atoms with van der Waals surface area (Å²) in [5.74, 6) is 0.905. The van der Waals surface area contributed by atoms with Crippen LogP contribution in [0.1, 0.15) is 46.0 Å². The number of carbonyl (C=O) groups excluding carboxylic acids is 1. The fraction of sp³-hybridized carbons (Fsp3) is 0.933.